The molecule has 0 bridgehead atoms. The quantitative estimate of drug-likeness (QED) is 0.520. The van der Waals surface area contributed by atoms with Gasteiger partial charge in [0, 0.05) is 13.1 Å². The van der Waals surface area contributed by atoms with Gasteiger partial charge in [-0.15, -0.1) is 0 Å². The highest BCUT2D eigenvalue weighted by Gasteiger charge is 2.01. The van der Waals surface area contributed by atoms with Gasteiger partial charge in [-0.3, -0.25) is 0 Å². The molecule has 0 aliphatic rings. The van der Waals surface area contributed by atoms with Gasteiger partial charge in [-0.25, -0.2) is 0 Å². The number of nitrogens with one attached hydrogen (secondary N) is 1. The molecule has 0 unspecified atom stereocenters. The van der Waals surface area contributed by atoms with Gasteiger partial charge in [0.2, 0.25) is 0 Å². The first-order valence-electron chi connectivity index (χ1n) is 6.85. The number of ether oxygens (including phenoxy) is 1. The normalized spacial score (nSPS) is 11.2. The molecule has 0 spiro atoms. The fourth-order valence-corrected chi connectivity index (χ4v) is 1.71. The summed E-state index contributed by atoms with van der Waals surface area (Å²) >= 11 is 0. The monoisotopic (exact) mass is 230 g/mol. The van der Waals surface area contributed by atoms with E-state index < -0.39 is 0 Å². The molecule has 0 atom stereocenters. The molecule has 98 valence electrons. The number of nitrogens with zero attached hydrogens (tertiary/aromatic N) is 1. The van der Waals surface area contributed by atoms with Crippen molar-refractivity contribution >= 4 is 0 Å². The maximum Gasteiger partial charge on any atom is 0.0594 e. The summed E-state index contributed by atoms with van der Waals surface area (Å²) in [6.07, 6.45) is 3.66. The van der Waals surface area contributed by atoms with Crippen LogP contribution >= 0.6 is 0 Å². The Balaban J connectivity index is 3.25. The summed E-state index contributed by atoms with van der Waals surface area (Å²) in [4.78, 5) is 2.49. The fourth-order valence-electron chi connectivity index (χ4n) is 1.71. The van der Waals surface area contributed by atoms with Gasteiger partial charge in [0.15, 0.2) is 0 Å². The summed E-state index contributed by atoms with van der Waals surface area (Å²) < 4.78 is 5.60. The fraction of sp³-hybridized carbons (Fsp3) is 1.00. The predicted molar refractivity (Wildman–Crippen MR) is 71.0 cm³/mol. The molecule has 16 heavy (non-hydrogen) atoms. The van der Waals surface area contributed by atoms with E-state index in [1.54, 1.807) is 0 Å². The molecule has 0 radical (unpaired) electrons. The lowest BCUT2D eigenvalue weighted by molar-refractivity contribution is 0.105. The van der Waals surface area contributed by atoms with Crippen LogP contribution < -0.4 is 5.32 Å². The van der Waals surface area contributed by atoms with Crippen LogP contribution in [0.2, 0.25) is 0 Å². The minimum atomic E-state index is 0.839. The molecule has 3 heteroatoms. The van der Waals surface area contributed by atoms with Crippen LogP contribution in [0.15, 0.2) is 0 Å². The van der Waals surface area contributed by atoms with Crippen LogP contribution in [0.5, 0.6) is 0 Å². The number of hydrogen-bond acceptors (Lipinski definition) is 3. The van der Waals surface area contributed by atoms with Crippen molar-refractivity contribution in [3.63, 3.8) is 0 Å². The highest BCUT2D eigenvalue weighted by atomic mass is 16.5. The molecule has 0 rings (SSSR count). The molecular formula is C13H30N2O. The van der Waals surface area contributed by atoms with Gasteiger partial charge < -0.3 is 15.0 Å². The van der Waals surface area contributed by atoms with Crippen LogP contribution in [-0.4, -0.2) is 50.8 Å². The van der Waals surface area contributed by atoms with Crippen molar-refractivity contribution in [3.8, 4) is 0 Å². The predicted octanol–water partition coefficient (Wildman–Crippen LogP) is 2.12. The molecule has 0 aliphatic heterocycles. The molecule has 0 aliphatic carbocycles. The van der Waals surface area contributed by atoms with Gasteiger partial charge in [0.05, 0.1) is 13.2 Å². The zero-order chi connectivity index (χ0) is 12.1. The maximum atomic E-state index is 5.60. The van der Waals surface area contributed by atoms with Crippen molar-refractivity contribution in [1.82, 2.24) is 10.2 Å². The lowest BCUT2D eigenvalue weighted by atomic mass is 10.3. The van der Waals surface area contributed by atoms with Crippen molar-refractivity contribution < 1.29 is 4.74 Å². The van der Waals surface area contributed by atoms with E-state index in [1.807, 2.05) is 0 Å². The zero-order valence-electron chi connectivity index (χ0n) is 11.4. The SMILES string of the molecule is CCCNCCOCCN(CCC)CCC. The minimum Gasteiger partial charge on any atom is -0.379 e. The van der Waals surface area contributed by atoms with Crippen molar-refractivity contribution in [3.05, 3.63) is 0 Å². The molecule has 0 fully saturated rings. The van der Waals surface area contributed by atoms with E-state index in [9.17, 15) is 0 Å². The largest absolute Gasteiger partial charge is 0.379 e. The second-order valence-corrected chi connectivity index (χ2v) is 4.20. The summed E-state index contributed by atoms with van der Waals surface area (Å²) in [6, 6.07) is 0. The van der Waals surface area contributed by atoms with Crippen LogP contribution in [0.3, 0.4) is 0 Å². The second-order valence-electron chi connectivity index (χ2n) is 4.20. The van der Waals surface area contributed by atoms with Gasteiger partial charge in [-0.05, 0) is 38.9 Å². The van der Waals surface area contributed by atoms with E-state index in [-0.39, 0.29) is 0 Å². The summed E-state index contributed by atoms with van der Waals surface area (Å²) in [5.74, 6) is 0. The molecule has 0 amide bonds. The topological polar surface area (TPSA) is 24.5 Å². The molecule has 0 saturated carbocycles. The van der Waals surface area contributed by atoms with Crippen molar-refractivity contribution in [2.24, 2.45) is 0 Å². The van der Waals surface area contributed by atoms with Crippen molar-refractivity contribution in [2.45, 2.75) is 40.0 Å². The Morgan fingerprint density at radius 3 is 2.06 bits per heavy atom. The Morgan fingerprint density at radius 2 is 1.50 bits per heavy atom. The maximum absolute atomic E-state index is 5.60. The van der Waals surface area contributed by atoms with Gasteiger partial charge in [0.25, 0.3) is 0 Å². The smallest absolute Gasteiger partial charge is 0.0594 e. The molecule has 0 heterocycles. The summed E-state index contributed by atoms with van der Waals surface area (Å²) in [7, 11) is 0. The molecule has 0 aromatic rings. The van der Waals surface area contributed by atoms with Crippen LogP contribution in [-0.2, 0) is 4.74 Å². The average Bonchev–Trinajstić information content (AvgIpc) is 2.28. The van der Waals surface area contributed by atoms with E-state index in [0.717, 1.165) is 32.8 Å². The third kappa shape index (κ3) is 10.4. The lowest BCUT2D eigenvalue weighted by Crippen LogP contribution is -2.30. The highest BCUT2D eigenvalue weighted by Crippen LogP contribution is 1.93. The average molecular weight is 230 g/mol. The first-order chi connectivity index (χ1) is 7.85. The Hall–Kier alpha value is -0.120. The summed E-state index contributed by atoms with van der Waals surface area (Å²) in [6.45, 7) is 13.9. The first-order valence-corrected chi connectivity index (χ1v) is 6.85. The molecule has 0 aromatic heterocycles. The second kappa shape index (κ2) is 12.9. The molecule has 0 aromatic carbocycles. The number of rotatable bonds is 12. The third-order valence-corrected chi connectivity index (χ3v) is 2.48. The van der Waals surface area contributed by atoms with Gasteiger partial charge in [-0.1, -0.05) is 20.8 Å². The van der Waals surface area contributed by atoms with Crippen LogP contribution in [0, 0.1) is 0 Å². The zero-order valence-corrected chi connectivity index (χ0v) is 11.4. The van der Waals surface area contributed by atoms with E-state index in [4.69, 9.17) is 4.74 Å². The van der Waals surface area contributed by atoms with Gasteiger partial charge in [-0.2, -0.15) is 0 Å². The van der Waals surface area contributed by atoms with Crippen molar-refractivity contribution in [1.29, 1.82) is 0 Å². The van der Waals surface area contributed by atoms with Crippen LogP contribution in [0.1, 0.15) is 40.0 Å². The third-order valence-electron chi connectivity index (χ3n) is 2.48. The summed E-state index contributed by atoms with van der Waals surface area (Å²) in [5.41, 5.74) is 0. The summed E-state index contributed by atoms with van der Waals surface area (Å²) in [5, 5.41) is 3.33. The Morgan fingerprint density at radius 1 is 0.812 bits per heavy atom. The standard InChI is InChI=1S/C13H30N2O/c1-4-7-14-8-12-16-13-11-15(9-5-2)10-6-3/h14H,4-13H2,1-3H3. The Kier molecular flexibility index (Phi) is 12.9. The van der Waals surface area contributed by atoms with E-state index in [1.165, 1.54) is 32.4 Å². The number of hydrogen-bond donors (Lipinski definition) is 1. The highest BCUT2D eigenvalue weighted by molar-refractivity contribution is 4.55. The van der Waals surface area contributed by atoms with E-state index >= 15 is 0 Å². The van der Waals surface area contributed by atoms with Crippen LogP contribution in [0.25, 0.3) is 0 Å². The minimum absolute atomic E-state index is 0.839. The molecule has 0 saturated heterocycles. The van der Waals surface area contributed by atoms with Gasteiger partial charge >= 0.3 is 0 Å². The Bertz CT molecular complexity index is 125. The van der Waals surface area contributed by atoms with Crippen molar-refractivity contribution in [2.75, 3.05) is 45.9 Å². The lowest BCUT2D eigenvalue weighted by Gasteiger charge is -2.20. The van der Waals surface area contributed by atoms with E-state index in [2.05, 4.69) is 31.0 Å². The Labute approximate surface area is 102 Å². The molecule has 3 nitrogen and oxygen atoms in total. The van der Waals surface area contributed by atoms with Crippen LogP contribution in [0.4, 0.5) is 0 Å². The van der Waals surface area contributed by atoms with E-state index in [0.29, 0.717) is 0 Å². The first kappa shape index (κ1) is 15.9. The molecule has 1 N–H and O–H groups in total. The van der Waals surface area contributed by atoms with Gasteiger partial charge in [0.1, 0.15) is 0 Å². The molecular weight excluding hydrogens is 200 g/mol.